The molecule has 0 spiro atoms. The fourth-order valence-corrected chi connectivity index (χ4v) is 1.97. The van der Waals surface area contributed by atoms with E-state index in [1.54, 1.807) is 18.0 Å². The number of nitrogens with zero attached hydrogens (tertiary/aromatic N) is 2. The Morgan fingerprint density at radius 1 is 1.28 bits per heavy atom. The number of carbonyl (C=O) groups is 1. The first kappa shape index (κ1) is 12.4. The van der Waals surface area contributed by atoms with E-state index in [1.807, 2.05) is 38.1 Å². The Hall–Kier alpha value is -2.10. The van der Waals surface area contributed by atoms with Crippen molar-refractivity contribution in [1.29, 1.82) is 0 Å². The number of carbonyl (C=O) groups excluding carboxylic acids is 1. The molecule has 94 valence electrons. The molecule has 18 heavy (non-hydrogen) atoms. The predicted octanol–water partition coefficient (Wildman–Crippen LogP) is 2.82. The van der Waals surface area contributed by atoms with E-state index in [1.165, 1.54) is 0 Å². The summed E-state index contributed by atoms with van der Waals surface area (Å²) in [4.78, 5) is 11.0. The fraction of sp³-hybridized carbons (Fsp3) is 0.286. The van der Waals surface area contributed by atoms with Crippen LogP contribution in [0.25, 0.3) is 5.69 Å². The maximum Gasteiger partial charge on any atom is 0.153 e. The van der Waals surface area contributed by atoms with Crippen molar-refractivity contribution in [3.05, 3.63) is 41.7 Å². The molecule has 1 aromatic carbocycles. The molecule has 0 saturated carbocycles. The average Bonchev–Trinajstić information content (AvgIpc) is 2.82. The van der Waals surface area contributed by atoms with Gasteiger partial charge in [-0.25, -0.2) is 4.68 Å². The number of hydrogen-bond donors (Lipinski definition) is 0. The lowest BCUT2D eigenvalue weighted by Crippen LogP contribution is -2.05. The minimum absolute atomic E-state index is 0.231. The molecule has 2 aromatic rings. The van der Waals surface area contributed by atoms with Crippen LogP contribution in [0.15, 0.2) is 30.5 Å². The summed E-state index contributed by atoms with van der Waals surface area (Å²) in [5.41, 5.74) is 2.49. The van der Waals surface area contributed by atoms with Gasteiger partial charge in [0.25, 0.3) is 0 Å². The van der Waals surface area contributed by atoms with Gasteiger partial charge in [-0.1, -0.05) is 13.8 Å². The second-order valence-corrected chi connectivity index (χ2v) is 4.37. The van der Waals surface area contributed by atoms with Crippen LogP contribution in [0.5, 0.6) is 5.75 Å². The van der Waals surface area contributed by atoms with Gasteiger partial charge in [0.2, 0.25) is 0 Å². The number of methoxy groups -OCH3 is 1. The Balaban J connectivity index is 2.49. The van der Waals surface area contributed by atoms with Crippen molar-refractivity contribution < 1.29 is 9.53 Å². The summed E-state index contributed by atoms with van der Waals surface area (Å²) in [5, 5.41) is 4.28. The molecule has 0 radical (unpaired) electrons. The first-order valence-electron chi connectivity index (χ1n) is 5.85. The normalized spacial score (nSPS) is 10.7. The number of ether oxygens (including phenoxy) is 1. The summed E-state index contributed by atoms with van der Waals surface area (Å²) in [7, 11) is 1.63. The van der Waals surface area contributed by atoms with Crippen molar-refractivity contribution in [2.24, 2.45) is 0 Å². The lowest BCUT2D eigenvalue weighted by atomic mass is 10.1. The molecule has 0 aliphatic rings. The molecule has 4 nitrogen and oxygen atoms in total. The van der Waals surface area contributed by atoms with Crippen LogP contribution >= 0.6 is 0 Å². The van der Waals surface area contributed by atoms with E-state index >= 15 is 0 Å². The SMILES string of the molecule is COc1ccc(-n2ncc(C=O)c2C(C)C)cc1. The van der Waals surface area contributed by atoms with Crippen LogP contribution in [0.1, 0.15) is 35.8 Å². The number of aldehydes is 1. The third-order valence-electron chi connectivity index (χ3n) is 2.83. The smallest absolute Gasteiger partial charge is 0.153 e. The van der Waals surface area contributed by atoms with Gasteiger partial charge in [-0.15, -0.1) is 0 Å². The first-order chi connectivity index (χ1) is 8.67. The van der Waals surface area contributed by atoms with E-state index in [2.05, 4.69) is 5.10 Å². The number of benzene rings is 1. The fourth-order valence-electron chi connectivity index (χ4n) is 1.97. The number of aromatic nitrogens is 2. The van der Waals surface area contributed by atoms with Gasteiger partial charge in [0.1, 0.15) is 5.75 Å². The molecule has 0 N–H and O–H groups in total. The molecule has 1 heterocycles. The van der Waals surface area contributed by atoms with Crippen LogP contribution in [0.2, 0.25) is 0 Å². The molecular formula is C14H16N2O2. The topological polar surface area (TPSA) is 44.1 Å². The third-order valence-corrected chi connectivity index (χ3v) is 2.83. The number of hydrogen-bond acceptors (Lipinski definition) is 3. The lowest BCUT2D eigenvalue weighted by Gasteiger charge is -2.11. The van der Waals surface area contributed by atoms with Crippen LogP contribution < -0.4 is 4.74 Å². The van der Waals surface area contributed by atoms with Crippen molar-refractivity contribution in [2.45, 2.75) is 19.8 Å². The Bertz CT molecular complexity index is 541. The molecule has 0 bridgehead atoms. The highest BCUT2D eigenvalue weighted by Crippen LogP contribution is 2.23. The van der Waals surface area contributed by atoms with Crippen molar-refractivity contribution >= 4 is 6.29 Å². The molecule has 0 aliphatic heterocycles. The molecule has 0 unspecified atom stereocenters. The molecule has 0 aliphatic carbocycles. The maximum absolute atomic E-state index is 11.0. The molecule has 0 atom stereocenters. The summed E-state index contributed by atoms with van der Waals surface area (Å²) in [5.74, 6) is 1.03. The van der Waals surface area contributed by atoms with Crippen LogP contribution in [-0.4, -0.2) is 23.2 Å². The van der Waals surface area contributed by atoms with Gasteiger partial charge < -0.3 is 4.74 Å². The Morgan fingerprint density at radius 2 is 1.94 bits per heavy atom. The zero-order valence-corrected chi connectivity index (χ0v) is 10.8. The van der Waals surface area contributed by atoms with Crippen LogP contribution in [0.4, 0.5) is 0 Å². The van der Waals surface area contributed by atoms with Crippen molar-refractivity contribution in [3.63, 3.8) is 0 Å². The third kappa shape index (κ3) is 2.14. The van der Waals surface area contributed by atoms with Gasteiger partial charge in [-0.2, -0.15) is 5.10 Å². The predicted molar refractivity (Wildman–Crippen MR) is 69.6 cm³/mol. The Labute approximate surface area is 106 Å². The van der Waals surface area contributed by atoms with E-state index in [0.29, 0.717) is 5.56 Å². The monoisotopic (exact) mass is 244 g/mol. The minimum Gasteiger partial charge on any atom is -0.497 e. The minimum atomic E-state index is 0.231. The van der Waals surface area contributed by atoms with Crippen LogP contribution in [0.3, 0.4) is 0 Å². The van der Waals surface area contributed by atoms with E-state index in [9.17, 15) is 4.79 Å². The number of rotatable bonds is 4. The largest absolute Gasteiger partial charge is 0.497 e. The Kier molecular flexibility index (Phi) is 3.46. The van der Waals surface area contributed by atoms with E-state index in [-0.39, 0.29) is 5.92 Å². The quantitative estimate of drug-likeness (QED) is 0.777. The van der Waals surface area contributed by atoms with Gasteiger partial charge in [0.15, 0.2) is 6.29 Å². The maximum atomic E-state index is 11.0. The Morgan fingerprint density at radius 3 is 2.44 bits per heavy atom. The van der Waals surface area contributed by atoms with Crippen molar-refractivity contribution in [3.8, 4) is 11.4 Å². The van der Waals surface area contributed by atoms with Crippen LogP contribution in [0, 0.1) is 0 Å². The van der Waals surface area contributed by atoms with E-state index < -0.39 is 0 Å². The molecule has 0 amide bonds. The highest BCUT2D eigenvalue weighted by Gasteiger charge is 2.14. The molecular weight excluding hydrogens is 228 g/mol. The van der Waals surface area contributed by atoms with Gasteiger partial charge in [0, 0.05) is 0 Å². The van der Waals surface area contributed by atoms with Gasteiger partial charge >= 0.3 is 0 Å². The second-order valence-electron chi connectivity index (χ2n) is 4.37. The molecule has 2 rings (SSSR count). The first-order valence-corrected chi connectivity index (χ1v) is 5.85. The lowest BCUT2D eigenvalue weighted by molar-refractivity contribution is 0.112. The van der Waals surface area contributed by atoms with Crippen LogP contribution in [-0.2, 0) is 0 Å². The van der Waals surface area contributed by atoms with E-state index in [0.717, 1.165) is 23.4 Å². The molecule has 4 heteroatoms. The second kappa shape index (κ2) is 5.04. The van der Waals surface area contributed by atoms with E-state index in [4.69, 9.17) is 4.74 Å². The summed E-state index contributed by atoms with van der Waals surface area (Å²) < 4.78 is 6.92. The van der Waals surface area contributed by atoms with Gasteiger partial charge in [-0.3, -0.25) is 4.79 Å². The highest BCUT2D eigenvalue weighted by molar-refractivity contribution is 5.76. The zero-order chi connectivity index (χ0) is 13.1. The zero-order valence-electron chi connectivity index (χ0n) is 10.8. The standard InChI is InChI=1S/C14H16N2O2/c1-10(2)14-11(9-17)8-15-16(14)12-4-6-13(18-3)7-5-12/h4-10H,1-3H3. The van der Waals surface area contributed by atoms with Gasteiger partial charge in [0.05, 0.1) is 30.3 Å². The summed E-state index contributed by atoms with van der Waals surface area (Å²) >= 11 is 0. The highest BCUT2D eigenvalue weighted by atomic mass is 16.5. The summed E-state index contributed by atoms with van der Waals surface area (Å²) in [6.07, 6.45) is 2.45. The average molecular weight is 244 g/mol. The van der Waals surface area contributed by atoms with Gasteiger partial charge in [-0.05, 0) is 30.2 Å². The van der Waals surface area contributed by atoms with Crippen molar-refractivity contribution in [1.82, 2.24) is 9.78 Å². The molecule has 0 saturated heterocycles. The molecule has 0 fully saturated rings. The van der Waals surface area contributed by atoms with Crippen molar-refractivity contribution in [2.75, 3.05) is 7.11 Å². The summed E-state index contributed by atoms with van der Waals surface area (Å²) in [6.45, 7) is 4.09. The summed E-state index contributed by atoms with van der Waals surface area (Å²) in [6, 6.07) is 7.60. The molecule has 1 aromatic heterocycles.